The van der Waals surface area contributed by atoms with Gasteiger partial charge in [-0.25, -0.2) is 0 Å². The molecule has 0 saturated heterocycles. The minimum atomic E-state index is 0.195. The Hall–Kier alpha value is -1.61. The zero-order valence-electron chi connectivity index (χ0n) is 10.7. The summed E-state index contributed by atoms with van der Waals surface area (Å²) in [6.45, 7) is 0. The topological polar surface area (TPSA) is 26.3 Å². The lowest BCUT2D eigenvalue weighted by atomic mass is 10.0. The number of hydrogen-bond donors (Lipinski definition) is 0. The van der Waals surface area contributed by atoms with Gasteiger partial charge in [0.2, 0.25) is 0 Å². The van der Waals surface area contributed by atoms with E-state index in [0.717, 1.165) is 21.3 Å². The van der Waals surface area contributed by atoms with Crippen LogP contribution in [0.4, 0.5) is 0 Å². The summed E-state index contributed by atoms with van der Waals surface area (Å²) < 4.78 is 6.14. The SMILES string of the molecule is COc1cccc(CC(=O)Cc2ccccc2Br)c1. The molecule has 3 heteroatoms. The molecule has 0 atom stereocenters. The van der Waals surface area contributed by atoms with Crippen molar-refractivity contribution in [3.63, 3.8) is 0 Å². The second kappa shape index (κ2) is 6.53. The normalized spacial score (nSPS) is 10.2. The van der Waals surface area contributed by atoms with Crippen LogP contribution in [0.25, 0.3) is 0 Å². The minimum absolute atomic E-state index is 0.195. The molecule has 0 bridgehead atoms. The van der Waals surface area contributed by atoms with Crippen LogP contribution >= 0.6 is 15.9 Å². The Morgan fingerprint density at radius 3 is 2.63 bits per heavy atom. The average Bonchev–Trinajstić information content (AvgIpc) is 2.41. The fourth-order valence-corrected chi connectivity index (χ4v) is 2.35. The summed E-state index contributed by atoms with van der Waals surface area (Å²) in [4.78, 5) is 12.1. The second-order valence-corrected chi connectivity index (χ2v) is 5.19. The van der Waals surface area contributed by atoms with Gasteiger partial charge in [0.1, 0.15) is 11.5 Å². The van der Waals surface area contributed by atoms with Crippen molar-refractivity contribution in [3.05, 3.63) is 64.1 Å². The molecule has 0 aliphatic heterocycles. The van der Waals surface area contributed by atoms with Gasteiger partial charge in [-0.1, -0.05) is 46.3 Å². The van der Waals surface area contributed by atoms with Crippen LogP contribution in [0, 0.1) is 0 Å². The summed E-state index contributed by atoms with van der Waals surface area (Å²) >= 11 is 3.46. The lowest BCUT2D eigenvalue weighted by molar-refractivity contribution is -0.117. The quantitative estimate of drug-likeness (QED) is 0.838. The van der Waals surface area contributed by atoms with Gasteiger partial charge in [-0.05, 0) is 29.3 Å². The lowest BCUT2D eigenvalue weighted by Crippen LogP contribution is -2.07. The highest BCUT2D eigenvalue weighted by molar-refractivity contribution is 9.10. The first-order valence-corrected chi connectivity index (χ1v) is 6.86. The molecule has 2 nitrogen and oxygen atoms in total. The van der Waals surface area contributed by atoms with E-state index in [1.807, 2.05) is 48.5 Å². The number of carbonyl (C=O) groups is 1. The largest absolute Gasteiger partial charge is 0.497 e. The predicted molar refractivity (Wildman–Crippen MR) is 79.6 cm³/mol. The molecular weight excluding hydrogens is 304 g/mol. The van der Waals surface area contributed by atoms with Gasteiger partial charge in [-0.2, -0.15) is 0 Å². The maximum atomic E-state index is 12.1. The Kier molecular flexibility index (Phi) is 4.74. The highest BCUT2D eigenvalue weighted by Crippen LogP contribution is 2.18. The fourth-order valence-electron chi connectivity index (χ4n) is 1.93. The smallest absolute Gasteiger partial charge is 0.141 e. The summed E-state index contributed by atoms with van der Waals surface area (Å²) in [7, 11) is 1.63. The molecule has 0 spiro atoms. The van der Waals surface area contributed by atoms with Gasteiger partial charge < -0.3 is 4.74 Å². The van der Waals surface area contributed by atoms with Crippen molar-refractivity contribution in [2.75, 3.05) is 7.11 Å². The van der Waals surface area contributed by atoms with Crippen molar-refractivity contribution < 1.29 is 9.53 Å². The summed E-state index contributed by atoms with van der Waals surface area (Å²) in [6.07, 6.45) is 0.872. The van der Waals surface area contributed by atoms with E-state index in [9.17, 15) is 4.79 Å². The van der Waals surface area contributed by atoms with Crippen LogP contribution in [0.5, 0.6) is 5.75 Å². The van der Waals surface area contributed by atoms with E-state index < -0.39 is 0 Å². The first-order chi connectivity index (χ1) is 9.19. The van der Waals surface area contributed by atoms with Gasteiger partial charge in [-0.15, -0.1) is 0 Å². The first-order valence-electron chi connectivity index (χ1n) is 6.07. The van der Waals surface area contributed by atoms with Crippen molar-refractivity contribution in [3.8, 4) is 5.75 Å². The number of methoxy groups -OCH3 is 1. The third kappa shape index (κ3) is 3.93. The summed E-state index contributed by atoms with van der Waals surface area (Å²) in [5, 5.41) is 0. The molecule has 0 heterocycles. The van der Waals surface area contributed by atoms with Crippen LogP contribution in [0.3, 0.4) is 0 Å². The second-order valence-electron chi connectivity index (χ2n) is 4.34. The van der Waals surface area contributed by atoms with E-state index in [1.165, 1.54) is 0 Å². The molecule has 2 aromatic rings. The molecule has 0 aliphatic carbocycles. The standard InChI is InChI=1S/C16H15BrO2/c1-19-15-7-4-5-12(10-15)9-14(18)11-13-6-2-3-8-16(13)17/h2-8,10H,9,11H2,1H3. The van der Waals surface area contributed by atoms with Crippen LogP contribution < -0.4 is 4.74 Å². The molecule has 2 aromatic carbocycles. The third-order valence-corrected chi connectivity index (χ3v) is 3.65. The Bertz CT molecular complexity index is 578. The number of Topliss-reactive ketones (excluding diaryl/α,β-unsaturated/α-hetero) is 1. The molecule has 0 radical (unpaired) electrons. The number of rotatable bonds is 5. The van der Waals surface area contributed by atoms with E-state index >= 15 is 0 Å². The first kappa shape index (κ1) is 13.8. The van der Waals surface area contributed by atoms with Gasteiger partial charge >= 0.3 is 0 Å². The Balaban J connectivity index is 2.03. The molecule has 0 N–H and O–H groups in total. The predicted octanol–water partition coefficient (Wildman–Crippen LogP) is 3.81. The van der Waals surface area contributed by atoms with Crippen molar-refractivity contribution in [2.24, 2.45) is 0 Å². The number of ketones is 1. The zero-order chi connectivity index (χ0) is 13.7. The molecule has 98 valence electrons. The molecule has 0 saturated carbocycles. The van der Waals surface area contributed by atoms with Crippen LogP contribution in [0.2, 0.25) is 0 Å². The maximum absolute atomic E-state index is 12.1. The Labute approximate surface area is 121 Å². The summed E-state index contributed by atoms with van der Waals surface area (Å²) in [5.74, 6) is 0.978. The van der Waals surface area contributed by atoms with E-state index in [0.29, 0.717) is 12.8 Å². The molecule has 19 heavy (non-hydrogen) atoms. The summed E-state index contributed by atoms with van der Waals surface area (Å²) in [5.41, 5.74) is 2.01. The highest BCUT2D eigenvalue weighted by Gasteiger charge is 2.08. The van der Waals surface area contributed by atoms with E-state index in [-0.39, 0.29) is 5.78 Å². The van der Waals surface area contributed by atoms with E-state index in [1.54, 1.807) is 7.11 Å². The van der Waals surface area contributed by atoms with Crippen LogP contribution in [0.15, 0.2) is 53.0 Å². The Morgan fingerprint density at radius 1 is 1.11 bits per heavy atom. The maximum Gasteiger partial charge on any atom is 0.141 e. The van der Waals surface area contributed by atoms with Gasteiger partial charge in [0.15, 0.2) is 0 Å². The average molecular weight is 319 g/mol. The molecule has 0 aliphatic rings. The molecule has 0 fully saturated rings. The summed E-state index contributed by atoms with van der Waals surface area (Å²) in [6, 6.07) is 15.4. The van der Waals surface area contributed by atoms with Gasteiger partial charge in [0.25, 0.3) is 0 Å². The third-order valence-electron chi connectivity index (χ3n) is 2.88. The highest BCUT2D eigenvalue weighted by atomic mass is 79.9. The molecular formula is C16H15BrO2. The van der Waals surface area contributed by atoms with Crippen molar-refractivity contribution in [1.82, 2.24) is 0 Å². The molecule has 0 amide bonds. The van der Waals surface area contributed by atoms with E-state index in [2.05, 4.69) is 15.9 Å². The monoisotopic (exact) mass is 318 g/mol. The number of halogens is 1. The minimum Gasteiger partial charge on any atom is -0.497 e. The molecule has 2 rings (SSSR count). The van der Waals surface area contributed by atoms with Gasteiger partial charge in [-0.3, -0.25) is 4.79 Å². The zero-order valence-corrected chi connectivity index (χ0v) is 12.3. The number of carbonyl (C=O) groups excluding carboxylic acids is 1. The lowest BCUT2D eigenvalue weighted by Gasteiger charge is -2.05. The van der Waals surface area contributed by atoms with Crippen molar-refractivity contribution in [2.45, 2.75) is 12.8 Å². The van der Waals surface area contributed by atoms with Gasteiger partial charge in [0, 0.05) is 17.3 Å². The van der Waals surface area contributed by atoms with Crippen LogP contribution in [0.1, 0.15) is 11.1 Å². The number of ether oxygens (including phenoxy) is 1. The van der Waals surface area contributed by atoms with Crippen molar-refractivity contribution >= 4 is 21.7 Å². The fraction of sp³-hybridized carbons (Fsp3) is 0.188. The van der Waals surface area contributed by atoms with E-state index in [4.69, 9.17) is 4.74 Å². The molecule has 0 aromatic heterocycles. The number of hydrogen-bond acceptors (Lipinski definition) is 2. The van der Waals surface area contributed by atoms with Gasteiger partial charge in [0.05, 0.1) is 7.11 Å². The Morgan fingerprint density at radius 2 is 1.89 bits per heavy atom. The van der Waals surface area contributed by atoms with Crippen LogP contribution in [-0.2, 0) is 17.6 Å². The molecule has 0 unspecified atom stereocenters. The number of benzene rings is 2. The van der Waals surface area contributed by atoms with Crippen molar-refractivity contribution in [1.29, 1.82) is 0 Å². The van der Waals surface area contributed by atoms with Crippen LogP contribution in [-0.4, -0.2) is 12.9 Å².